The van der Waals surface area contributed by atoms with Crippen molar-refractivity contribution in [1.29, 1.82) is 0 Å². The normalized spacial score (nSPS) is 12.8. The van der Waals surface area contributed by atoms with Crippen LogP contribution < -0.4 is 10.6 Å². The highest BCUT2D eigenvalue weighted by molar-refractivity contribution is 6.46. The number of hydrogen-bond donors (Lipinski definition) is 0. The first-order valence-corrected chi connectivity index (χ1v) is 4.16. The number of nitrogens with zero attached hydrogens (tertiary/aromatic N) is 2. The van der Waals surface area contributed by atoms with Gasteiger partial charge in [0, 0.05) is 6.07 Å². The Morgan fingerprint density at radius 2 is 2.29 bits per heavy atom. The number of benzene rings is 1. The van der Waals surface area contributed by atoms with E-state index in [9.17, 15) is 10.1 Å². The van der Waals surface area contributed by atoms with Crippen molar-refractivity contribution in [2.45, 2.75) is 0 Å². The smallest absolute Gasteiger partial charge is 0.258 e. The summed E-state index contributed by atoms with van der Waals surface area (Å²) in [5.74, 6) is 0. The first kappa shape index (κ1) is 8.81. The average Bonchev–Trinajstić information content (AvgIpc) is 2.18. The maximum absolute atomic E-state index is 10.5. The highest BCUT2D eigenvalue weighted by Gasteiger charge is 2.14. The molecule has 0 amide bonds. The molecule has 0 saturated carbocycles. The fourth-order valence-corrected chi connectivity index (χ4v) is 1.36. The number of fused-ring (bicyclic) bond motifs is 1. The second-order valence-corrected chi connectivity index (χ2v) is 3.05. The molecule has 14 heavy (non-hydrogen) atoms. The Morgan fingerprint density at radius 1 is 1.50 bits per heavy atom. The number of rotatable bonds is 1. The van der Waals surface area contributed by atoms with Gasteiger partial charge in [-0.25, -0.2) is 4.99 Å². The summed E-state index contributed by atoms with van der Waals surface area (Å²) in [7, 11) is 0. The molecule has 1 aliphatic heterocycles. The molecule has 68 valence electrons. The quantitative estimate of drug-likeness (QED) is 0.390. The van der Waals surface area contributed by atoms with Crippen LogP contribution in [0.15, 0.2) is 29.4 Å². The molecule has 0 aromatic heterocycles. The van der Waals surface area contributed by atoms with Crippen LogP contribution in [0.1, 0.15) is 0 Å². The average molecular weight is 208 g/mol. The zero-order valence-corrected chi connectivity index (χ0v) is 7.65. The lowest BCUT2D eigenvalue weighted by molar-refractivity contribution is -0.385. The van der Waals surface area contributed by atoms with Gasteiger partial charge in [-0.2, -0.15) is 0 Å². The van der Waals surface area contributed by atoms with Gasteiger partial charge in [-0.3, -0.25) is 10.1 Å². The number of nitro groups is 1. The third-order valence-electron chi connectivity index (χ3n) is 1.82. The van der Waals surface area contributed by atoms with Gasteiger partial charge >= 0.3 is 0 Å². The molecule has 0 spiro atoms. The molecule has 0 N–H and O–H groups in total. The molecule has 0 unspecified atom stereocenters. The zero-order valence-electron chi connectivity index (χ0n) is 6.90. The third kappa shape index (κ3) is 1.37. The highest BCUT2D eigenvalue weighted by atomic mass is 35.5. The predicted molar refractivity (Wildman–Crippen MR) is 51.0 cm³/mol. The maximum Gasteiger partial charge on any atom is 0.290 e. The number of allylic oxidation sites excluding steroid dienone is 1. The van der Waals surface area contributed by atoms with Gasteiger partial charge in [-0.05, 0) is 17.7 Å². The Hall–Kier alpha value is -1.77. The fraction of sp³-hybridized carbons (Fsp3) is 0. The van der Waals surface area contributed by atoms with E-state index in [2.05, 4.69) is 11.1 Å². The summed E-state index contributed by atoms with van der Waals surface area (Å²) in [6.45, 7) is 0. The van der Waals surface area contributed by atoms with E-state index in [1.54, 1.807) is 6.07 Å². The molecule has 0 aliphatic carbocycles. The Morgan fingerprint density at radius 3 is 3.00 bits per heavy atom. The minimum absolute atomic E-state index is 0.000741. The van der Waals surface area contributed by atoms with E-state index >= 15 is 0 Å². The fourth-order valence-electron chi connectivity index (χ4n) is 1.16. The van der Waals surface area contributed by atoms with Gasteiger partial charge in [-0.15, -0.1) is 0 Å². The minimum atomic E-state index is -0.469. The van der Waals surface area contributed by atoms with Crippen LogP contribution in [-0.4, -0.2) is 4.92 Å². The second-order valence-electron chi connectivity index (χ2n) is 2.68. The molecule has 0 atom stereocenters. The van der Waals surface area contributed by atoms with Gasteiger partial charge in [-0.1, -0.05) is 0 Å². The Labute approximate surface area is 84.0 Å². The standard InChI is InChI=1S/C9H4ClN2O2/c10-8-3-4-11-9-2-1-6(12(13)14)5-7(8)9/h1-2,4-5H/q+1. The summed E-state index contributed by atoms with van der Waals surface area (Å²) in [5, 5.41) is 12.0. The van der Waals surface area contributed by atoms with Crippen molar-refractivity contribution >= 4 is 22.3 Å². The van der Waals surface area contributed by atoms with Crippen molar-refractivity contribution in [2.24, 2.45) is 4.99 Å². The van der Waals surface area contributed by atoms with Crippen LogP contribution in [0.3, 0.4) is 0 Å². The summed E-state index contributed by atoms with van der Waals surface area (Å²) in [6, 6.07) is 4.35. The van der Waals surface area contributed by atoms with Crippen molar-refractivity contribution in [3.8, 4) is 0 Å². The number of hydrogen-bond acceptors (Lipinski definition) is 3. The first-order valence-electron chi connectivity index (χ1n) is 3.79. The van der Waals surface area contributed by atoms with E-state index in [-0.39, 0.29) is 5.69 Å². The van der Waals surface area contributed by atoms with E-state index < -0.39 is 4.92 Å². The Bertz CT molecular complexity index is 548. The molecule has 4 nitrogen and oxygen atoms in total. The number of non-ortho nitro benzene ring substituents is 1. The molecular formula is C9H4ClN2O2+. The minimum Gasteiger partial charge on any atom is -0.258 e. The van der Waals surface area contributed by atoms with Crippen LogP contribution in [-0.2, 0) is 0 Å². The predicted octanol–water partition coefficient (Wildman–Crippen LogP) is 0.892. The van der Waals surface area contributed by atoms with Crippen molar-refractivity contribution in [2.75, 3.05) is 0 Å². The molecule has 2 rings (SSSR count). The monoisotopic (exact) mass is 207 g/mol. The van der Waals surface area contributed by atoms with E-state index in [0.717, 1.165) is 0 Å². The molecule has 1 heterocycles. The van der Waals surface area contributed by atoms with Crippen LogP contribution in [0, 0.1) is 16.2 Å². The molecule has 1 aromatic rings. The summed E-state index contributed by atoms with van der Waals surface area (Å²) < 4.78 is 0. The lowest BCUT2D eigenvalue weighted by Gasteiger charge is -1.89. The lowest BCUT2D eigenvalue weighted by Crippen LogP contribution is -2.27. The zero-order chi connectivity index (χ0) is 10.1. The van der Waals surface area contributed by atoms with Crippen LogP contribution in [0.2, 0.25) is 0 Å². The topological polar surface area (TPSA) is 55.5 Å². The molecular weight excluding hydrogens is 204 g/mol. The summed E-state index contributed by atoms with van der Waals surface area (Å²) in [6.07, 6.45) is 4.11. The van der Waals surface area contributed by atoms with Gasteiger partial charge in [0.15, 0.2) is 16.8 Å². The SMILES string of the molecule is O=[N+]([O-])c1ccc2c(c1)=C(Cl)[C+]=CN=2. The van der Waals surface area contributed by atoms with Gasteiger partial charge in [0.05, 0.1) is 4.92 Å². The molecule has 0 radical (unpaired) electrons. The van der Waals surface area contributed by atoms with Crippen molar-refractivity contribution in [3.63, 3.8) is 0 Å². The molecule has 0 bridgehead atoms. The molecule has 0 fully saturated rings. The van der Waals surface area contributed by atoms with Crippen LogP contribution in [0.25, 0.3) is 5.03 Å². The van der Waals surface area contributed by atoms with Crippen LogP contribution >= 0.6 is 11.6 Å². The maximum atomic E-state index is 10.5. The van der Waals surface area contributed by atoms with E-state index in [1.165, 1.54) is 18.3 Å². The van der Waals surface area contributed by atoms with Crippen LogP contribution in [0.5, 0.6) is 0 Å². The van der Waals surface area contributed by atoms with Crippen molar-refractivity contribution in [3.05, 3.63) is 51.2 Å². The van der Waals surface area contributed by atoms with Crippen molar-refractivity contribution in [1.82, 2.24) is 0 Å². The van der Waals surface area contributed by atoms with E-state index in [0.29, 0.717) is 15.6 Å². The van der Waals surface area contributed by atoms with E-state index in [1.807, 2.05) is 0 Å². The summed E-state index contributed by atoms with van der Waals surface area (Å²) >= 11 is 5.82. The van der Waals surface area contributed by atoms with Gasteiger partial charge in [0.2, 0.25) is 0 Å². The largest absolute Gasteiger partial charge is 0.290 e. The first-order chi connectivity index (χ1) is 6.68. The molecule has 1 aromatic carbocycles. The second kappa shape index (κ2) is 3.18. The number of nitro benzene ring substituents is 1. The lowest BCUT2D eigenvalue weighted by atomic mass is 10.2. The van der Waals surface area contributed by atoms with Crippen LogP contribution in [0.4, 0.5) is 5.69 Å². The third-order valence-corrected chi connectivity index (χ3v) is 2.14. The highest BCUT2D eigenvalue weighted by Crippen LogP contribution is 2.07. The van der Waals surface area contributed by atoms with Gasteiger partial charge in [0.1, 0.15) is 12.1 Å². The Kier molecular flexibility index (Phi) is 2.00. The summed E-state index contributed by atoms with van der Waals surface area (Å²) in [4.78, 5) is 14.0. The van der Waals surface area contributed by atoms with Gasteiger partial charge in [0.25, 0.3) is 10.7 Å². The molecule has 1 aliphatic rings. The Balaban J connectivity index is 2.80. The van der Waals surface area contributed by atoms with E-state index in [4.69, 9.17) is 11.6 Å². The summed E-state index contributed by atoms with van der Waals surface area (Å²) in [5.41, 5.74) is 0.000741. The molecule has 0 saturated heterocycles. The number of halogens is 1. The van der Waals surface area contributed by atoms with Crippen molar-refractivity contribution < 1.29 is 4.92 Å². The van der Waals surface area contributed by atoms with Gasteiger partial charge < -0.3 is 0 Å². The molecule has 5 heteroatoms.